The molecule has 2 amide bonds. The Bertz CT molecular complexity index is 1130. The van der Waals surface area contributed by atoms with E-state index in [4.69, 9.17) is 9.84 Å². The number of aliphatic hydroxyl groups excluding tert-OH is 2. The van der Waals surface area contributed by atoms with Gasteiger partial charge >= 0.3 is 12.2 Å². The molecule has 1 saturated heterocycles. The standard InChI is InChI=1S/C22H25F3N6O5/c1-12(22(23,24)25)6-17(34)15-2-3-16-20(28-15)31(13-4-5-30(16)8-13)21(35)29-18-7-19(27-11-26-18)36-10-14(33)9-32/h2-3,7,11-14,32-33H,4-6,8-10H2,1H3,(H,26,27,29,35)/t12-,13-,14+/m0/s1. The van der Waals surface area contributed by atoms with Crippen LogP contribution < -0.4 is 19.9 Å². The molecule has 2 bridgehead atoms. The van der Waals surface area contributed by atoms with Gasteiger partial charge in [-0.3, -0.25) is 15.0 Å². The SMILES string of the molecule is C[C@@H](CC(=O)c1ccc2c(n1)N(C(=O)Nc1cc(OC[C@H](O)CO)ncn1)[C@H]1CCN2C1)C(F)(F)F. The highest BCUT2D eigenvalue weighted by Crippen LogP contribution is 2.39. The first-order valence-corrected chi connectivity index (χ1v) is 11.3. The van der Waals surface area contributed by atoms with Gasteiger partial charge in [-0.15, -0.1) is 0 Å². The molecule has 36 heavy (non-hydrogen) atoms. The normalized spacial score (nSPS) is 18.4. The van der Waals surface area contributed by atoms with Crippen LogP contribution in [-0.4, -0.2) is 81.6 Å². The van der Waals surface area contributed by atoms with Gasteiger partial charge in [0.05, 0.1) is 24.3 Å². The molecule has 1 fully saturated rings. The van der Waals surface area contributed by atoms with Gasteiger partial charge in [0.15, 0.2) is 11.6 Å². The lowest BCUT2D eigenvalue weighted by Crippen LogP contribution is -2.48. The number of fused-ring (bicyclic) bond motifs is 4. The third kappa shape index (κ3) is 5.49. The Labute approximate surface area is 203 Å². The van der Waals surface area contributed by atoms with Gasteiger partial charge in [0.1, 0.15) is 30.5 Å². The van der Waals surface area contributed by atoms with E-state index >= 15 is 0 Å². The van der Waals surface area contributed by atoms with Gasteiger partial charge in [0.2, 0.25) is 5.88 Å². The van der Waals surface area contributed by atoms with Crippen molar-refractivity contribution in [2.24, 2.45) is 5.92 Å². The summed E-state index contributed by atoms with van der Waals surface area (Å²) in [5.41, 5.74) is 0.453. The number of pyridine rings is 1. The molecule has 2 aromatic rings. The molecule has 2 aromatic heterocycles. The monoisotopic (exact) mass is 510 g/mol. The molecular formula is C22H25F3N6O5. The molecule has 0 radical (unpaired) electrons. The van der Waals surface area contributed by atoms with E-state index in [2.05, 4.69) is 20.3 Å². The van der Waals surface area contributed by atoms with Crippen LogP contribution in [0, 0.1) is 5.92 Å². The number of anilines is 3. The second kappa shape index (κ2) is 10.2. The summed E-state index contributed by atoms with van der Waals surface area (Å²) in [5, 5.41) is 20.9. The third-order valence-corrected chi connectivity index (χ3v) is 6.02. The minimum Gasteiger partial charge on any atom is -0.475 e. The predicted molar refractivity (Wildman–Crippen MR) is 121 cm³/mol. The Kier molecular flexibility index (Phi) is 7.26. The van der Waals surface area contributed by atoms with Crippen molar-refractivity contribution in [1.29, 1.82) is 0 Å². The molecule has 0 unspecified atom stereocenters. The number of amides is 2. The van der Waals surface area contributed by atoms with Gasteiger partial charge in [0.25, 0.3) is 0 Å². The molecule has 11 nitrogen and oxygen atoms in total. The number of nitrogens with zero attached hydrogens (tertiary/aromatic N) is 5. The molecule has 14 heteroatoms. The quantitative estimate of drug-likeness (QED) is 0.455. The minimum absolute atomic E-state index is 0.0590. The fraction of sp³-hybridized carbons (Fsp3) is 0.500. The summed E-state index contributed by atoms with van der Waals surface area (Å²) in [4.78, 5) is 41.4. The number of aromatic nitrogens is 3. The number of carbonyl (C=O) groups excluding carboxylic acids is 2. The fourth-order valence-corrected chi connectivity index (χ4v) is 4.02. The second-order valence-electron chi connectivity index (χ2n) is 8.69. The minimum atomic E-state index is -4.50. The summed E-state index contributed by atoms with van der Waals surface area (Å²) < 4.78 is 44.1. The zero-order valence-corrected chi connectivity index (χ0v) is 19.3. The van der Waals surface area contributed by atoms with Gasteiger partial charge in [-0.25, -0.2) is 19.7 Å². The Morgan fingerprint density at radius 3 is 2.81 bits per heavy atom. The summed E-state index contributed by atoms with van der Waals surface area (Å²) >= 11 is 0. The van der Waals surface area contributed by atoms with Crippen LogP contribution in [0.5, 0.6) is 5.88 Å². The summed E-state index contributed by atoms with van der Waals surface area (Å²) in [6, 6.07) is 3.46. The Morgan fingerprint density at radius 1 is 1.31 bits per heavy atom. The number of ketones is 1. The highest BCUT2D eigenvalue weighted by molar-refractivity contribution is 6.05. The largest absolute Gasteiger partial charge is 0.475 e. The van der Waals surface area contributed by atoms with E-state index in [1.165, 1.54) is 17.0 Å². The number of hydrogen-bond donors (Lipinski definition) is 3. The molecule has 4 rings (SSSR count). The van der Waals surface area contributed by atoms with Crippen molar-refractivity contribution in [3.63, 3.8) is 0 Å². The smallest absolute Gasteiger partial charge is 0.391 e. The number of rotatable bonds is 8. The van der Waals surface area contributed by atoms with Gasteiger partial charge in [0, 0.05) is 25.6 Å². The Morgan fingerprint density at radius 2 is 2.08 bits per heavy atom. The summed E-state index contributed by atoms with van der Waals surface area (Å²) in [6.45, 7) is 1.42. The van der Waals surface area contributed by atoms with Crippen LogP contribution in [0.3, 0.4) is 0 Å². The van der Waals surface area contributed by atoms with Gasteiger partial charge in [-0.2, -0.15) is 13.2 Å². The van der Waals surface area contributed by atoms with Crippen molar-refractivity contribution in [2.75, 3.05) is 41.4 Å². The molecule has 3 N–H and O–H groups in total. The average Bonchev–Trinajstić information content (AvgIpc) is 3.25. The number of carbonyl (C=O) groups is 2. The number of halogens is 3. The molecule has 0 saturated carbocycles. The van der Waals surface area contributed by atoms with E-state index in [9.17, 15) is 27.9 Å². The predicted octanol–water partition coefficient (Wildman–Crippen LogP) is 2.01. The Balaban J connectivity index is 1.55. The van der Waals surface area contributed by atoms with Crippen molar-refractivity contribution < 1.29 is 37.7 Å². The van der Waals surface area contributed by atoms with Crippen molar-refractivity contribution in [3.8, 4) is 5.88 Å². The second-order valence-corrected chi connectivity index (χ2v) is 8.69. The van der Waals surface area contributed by atoms with E-state index in [0.717, 1.165) is 13.3 Å². The first kappa shape index (κ1) is 25.6. The lowest BCUT2D eigenvalue weighted by molar-refractivity contribution is -0.168. The van der Waals surface area contributed by atoms with Crippen LogP contribution in [0.2, 0.25) is 0 Å². The molecule has 3 atom stereocenters. The van der Waals surface area contributed by atoms with E-state index < -0.39 is 43.0 Å². The third-order valence-electron chi connectivity index (χ3n) is 6.02. The Hall–Kier alpha value is -3.52. The molecule has 194 valence electrons. The molecule has 4 heterocycles. The van der Waals surface area contributed by atoms with Crippen molar-refractivity contribution in [3.05, 3.63) is 30.2 Å². The lowest BCUT2D eigenvalue weighted by Gasteiger charge is -2.35. The van der Waals surface area contributed by atoms with E-state index in [1.54, 1.807) is 6.07 Å². The van der Waals surface area contributed by atoms with Gasteiger partial charge in [-0.1, -0.05) is 6.92 Å². The van der Waals surface area contributed by atoms with E-state index in [0.29, 0.717) is 25.2 Å². The molecule has 2 aliphatic rings. The average molecular weight is 510 g/mol. The lowest BCUT2D eigenvalue weighted by atomic mass is 10.0. The van der Waals surface area contributed by atoms with Crippen molar-refractivity contribution in [2.45, 2.75) is 38.1 Å². The van der Waals surface area contributed by atoms with Crippen molar-refractivity contribution >= 4 is 29.1 Å². The molecule has 0 aliphatic carbocycles. The topological polar surface area (TPSA) is 141 Å². The highest BCUT2D eigenvalue weighted by atomic mass is 19.4. The molecule has 0 aromatic carbocycles. The van der Waals surface area contributed by atoms with Gasteiger partial charge < -0.3 is 19.8 Å². The zero-order valence-electron chi connectivity index (χ0n) is 19.3. The van der Waals surface area contributed by atoms with Crippen molar-refractivity contribution in [1.82, 2.24) is 15.0 Å². The first-order chi connectivity index (χ1) is 17.1. The van der Waals surface area contributed by atoms with E-state index in [1.807, 2.05) is 4.90 Å². The maximum absolute atomic E-state index is 13.3. The molecule has 0 spiro atoms. The van der Waals surface area contributed by atoms with Crippen LogP contribution in [0.1, 0.15) is 30.3 Å². The van der Waals surface area contributed by atoms with Crippen LogP contribution in [0.15, 0.2) is 24.5 Å². The summed E-state index contributed by atoms with van der Waals surface area (Å²) in [5.74, 6) is -2.25. The number of nitrogens with one attached hydrogen (secondary N) is 1. The van der Waals surface area contributed by atoms with Crippen LogP contribution in [-0.2, 0) is 0 Å². The van der Waals surface area contributed by atoms with Gasteiger partial charge in [-0.05, 0) is 18.6 Å². The number of urea groups is 1. The summed E-state index contributed by atoms with van der Waals surface area (Å²) in [6.07, 6.45) is -4.57. The first-order valence-electron chi connectivity index (χ1n) is 11.3. The number of Topliss-reactive ketones (excluding diaryl/α,β-unsaturated/α-hetero) is 1. The summed E-state index contributed by atoms with van der Waals surface area (Å²) in [7, 11) is 0. The highest BCUT2D eigenvalue weighted by Gasteiger charge is 2.41. The fourth-order valence-electron chi connectivity index (χ4n) is 4.02. The number of aliphatic hydroxyl groups is 2. The molecule has 2 aliphatic heterocycles. The number of hydrogen-bond acceptors (Lipinski definition) is 9. The van der Waals surface area contributed by atoms with Crippen LogP contribution in [0.25, 0.3) is 0 Å². The van der Waals surface area contributed by atoms with E-state index in [-0.39, 0.29) is 35.9 Å². The number of ether oxygens (including phenoxy) is 1. The maximum atomic E-state index is 13.3. The molecular weight excluding hydrogens is 485 g/mol. The number of alkyl halides is 3. The van der Waals surface area contributed by atoms with Crippen LogP contribution in [0.4, 0.5) is 35.3 Å². The maximum Gasteiger partial charge on any atom is 0.391 e. The zero-order chi connectivity index (χ0) is 26.0. The van der Waals surface area contributed by atoms with Crippen LogP contribution >= 0.6 is 0 Å².